The van der Waals surface area contributed by atoms with Crippen LogP contribution in [-0.4, -0.2) is 18.3 Å². The van der Waals surface area contributed by atoms with Gasteiger partial charge in [0.2, 0.25) is 0 Å². The van der Waals surface area contributed by atoms with Crippen LogP contribution in [0, 0.1) is 0 Å². The molecular formula is C10H12O3S. The molecule has 0 N–H and O–H groups in total. The van der Waals surface area contributed by atoms with Gasteiger partial charge in [-0.25, -0.2) is 0 Å². The van der Waals surface area contributed by atoms with Gasteiger partial charge in [0, 0.05) is 6.07 Å². The SMILES string of the molecule is CCOc1cccc(OC(=O)CS)c1. The van der Waals surface area contributed by atoms with Crippen LogP contribution in [0.5, 0.6) is 11.5 Å². The van der Waals surface area contributed by atoms with E-state index in [9.17, 15) is 4.79 Å². The second kappa shape index (κ2) is 5.54. The summed E-state index contributed by atoms with van der Waals surface area (Å²) in [5.74, 6) is 0.868. The van der Waals surface area contributed by atoms with Crippen LogP contribution in [0.3, 0.4) is 0 Å². The Labute approximate surface area is 88.4 Å². The van der Waals surface area contributed by atoms with Crippen LogP contribution in [0.1, 0.15) is 6.92 Å². The van der Waals surface area contributed by atoms with E-state index in [1.165, 1.54) is 0 Å². The maximum absolute atomic E-state index is 10.9. The number of benzene rings is 1. The topological polar surface area (TPSA) is 35.5 Å². The highest BCUT2D eigenvalue weighted by Crippen LogP contribution is 2.19. The number of ether oxygens (including phenoxy) is 2. The quantitative estimate of drug-likeness (QED) is 0.470. The van der Waals surface area contributed by atoms with E-state index in [0.29, 0.717) is 18.1 Å². The Bertz CT molecular complexity index is 312. The summed E-state index contributed by atoms with van der Waals surface area (Å²) < 4.78 is 10.2. The van der Waals surface area contributed by atoms with Gasteiger partial charge in [-0.05, 0) is 19.1 Å². The lowest BCUT2D eigenvalue weighted by Crippen LogP contribution is -2.08. The molecule has 0 aliphatic rings. The van der Waals surface area contributed by atoms with Crippen molar-refractivity contribution in [1.29, 1.82) is 0 Å². The molecule has 76 valence electrons. The number of rotatable bonds is 4. The maximum atomic E-state index is 10.9. The van der Waals surface area contributed by atoms with Crippen molar-refractivity contribution >= 4 is 18.6 Å². The van der Waals surface area contributed by atoms with E-state index in [0.717, 1.165) is 0 Å². The average Bonchev–Trinajstić information content (AvgIpc) is 2.19. The summed E-state index contributed by atoms with van der Waals surface area (Å²) in [6.07, 6.45) is 0. The second-order valence-corrected chi connectivity index (χ2v) is 2.86. The third-order valence-corrected chi connectivity index (χ3v) is 1.74. The first-order chi connectivity index (χ1) is 6.76. The maximum Gasteiger partial charge on any atom is 0.321 e. The first kappa shape index (κ1) is 10.9. The van der Waals surface area contributed by atoms with Gasteiger partial charge in [-0.15, -0.1) is 0 Å². The minimum absolute atomic E-state index is 0.0683. The van der Waals surface area contributed by atoms with Gasteiger partial charge >= 0.3 is 5.97 Å². The third kappa shape index (κ3) is 3.30. The highest BCUT2D eigenvalue weighted by Gasteiger charge is 2.02. The molecule has 0 saturated carbocycles. The lowest BCUT2D eigenvalue weighted by atomic mass is 10.3. The number of carbonyl (C=O) groups is 1. The van der Waals surface area contributed by atoms with Gasteiger partial charge in [-0.2, -0.15) is 12.6 Å². The molecule has 0 aromatic heterocycles. The first-order valence-corrected chi connectivity index (χ1v) is 4.94. The van der Waals surface area contributed by atoms with E-state index in [4.69, 9.17) is 9.47 Å². The molecule has 1 aromatic carbocycles. The van der Waals surface area contributed by atoms with E-state index in [1.807, 2.05) is 13.0 Å². The fourth-order valence-electron chi connectivity index (χ4n) is 0.958. The summed E-state index contributed by atoms with van der Waals surface area (Å²) >= 11 is 3.81. The molecule has 0 saturated heterocycles. The van der Waals surface area contributed by atoms with Crippen molar-refractivity contribution in [1.82, 2.24) is 0 Å². The lowest BCUT2D eigenvalue weighted by Gasteiger charge is -2.05. The predicted molar refractivity (Wildman–Crippen MR) is 57.1 cm³/mol. The molecule has 0 spiro atoms. The standard InChI is InChI=1S/C10H12O3S/c1-2-12-8-4-3-5-9(6-8)13-10(11)7-14/h3-6,14H,2,7H2,1H3. The molecule has 3 nitrogen and oxygen atoms in total. The van der Waals surface area contributed by atoms with E-state index < -0.39 is 0 Å². The van der Waals surface area contributed by atoms with Gasteiger partial charge in [0.25, 0.3) is 0 Å². The number of carbonyl (C=O) groups excluding carboxylic acids is 1. The van der Waals surface area contributed by atoms with Gasteiger partial charge in [-0.1, -0.05) is 6.07 Å². The fourth-order valence-corrected chi connectivity index (χ4v) is 1.02. The predicted octanol–water partition coefficient (Wildman–Crippen LogP) is 1.92. The minimum Gasteiger partial charge on any atom is -0.494 e. The van der Waals surface area contributed by atoms with Crippen LogP contribution in [0.4, 0.5) is 0 Å². The highest BCUT2D eigenvalue weighted by molar-refractivity contribution is 7.81. The van der Waals surface area contributed by atoms with Crippen LogP contribution in [-0.2, 0) is 4.79 Å². The van der Waals surface area contributed by atoms with E-state index in [2.05, 4.69) is 12.6 Å². The number of hydrogen-bond donors (Lipinski definition) is 1. The molecule has 0 amide bonds. The smallest absolute Gasteiger partial charge is 0.321 e. The summed E-state index contributed by atoms with van der Waals surface area (Å²) in [5, 5.41) is 0. The first-order valence-electron chi connectivity index (χ1n) is 4.30. The van der Waals surface area contributed by atoms with Crippen molar-refractivity contribution < 1.29 is 14.3 Å². The summed E-state index contributed by atoms with van der Waals surface area (Å²) in [4.78, 5) is 10.9. The Kier molecular flexibility index (Phi) is 4.32. The largest absolute Gasteiger partial charge is 0.494 e. The van der Waals surface area contributed by atoms with Crippen molar-refractivity contribution in [3.05, 3.63) is 24.3 Å². The zero-order chi connectivity index (χ0) is 10.4. The Balaban J connectivity index is 2.68. The van der Waals surface area contributed by atoms with Crippen LogP contribution in [0.15, 0.2) is 24.3 Å². The Morgan fingerprint density at radius 2 is 2.14 bits per heavy atom. The van der Waals surface area contributed by atoms with Crippen molar-refractivity contribution in [2.45, 2.75) is 6.92 Å². The van der Waals surface area contributed by atoms with Crippen molar-refractivity contribution in [2.75, 3.05) is 12.4 Å². The molecule has 14 heavy (non-hydrogen) atoms. The van der Waals surface area contributed by atoms with E-state index >= 15 is 0 Å². The van der Waals surface area contributed by atoms with Crippen molar-refractivity contribution in [3.8, 4) is 11.5 Å². The molecule has 0 aliphatic carbocycles. The molecule has 4 heteroatoms. The number of esters is 1. The zero-order valence-electron chi connectivity index (χ0n) is 7.90. The van der Waals surface area contributed by atoms with Crippen LogP contribution < -0.4 is 9.47 Å². The van der Waals surface area contributed by atoms with Gasteiger partial charge in [-0.3, -0.25) is 4.79 Å². The molecular weight excluding hydrogens is 200 g/mol. The molecule has 1 aromatic rings. The number of hydrogen-bond acceptors (Lipinski definition) is 4. The fraction of sp³-hybridized carbons (Fsp3) is 0.300. The van der Waals surface area contributed by atoms with Crippen LogP contribution in [0.2, 0.25) is 0 Å². The highest BCUT2D eigenvalue weighted by atomic mass is 32.1. The summed E-state index contributed by atoms with van der Waals surface area (Å²) in [5.41, 5.74) is 0. The molecule has 0 aliphatic heterocycles. The average molecular weight is 212 g/mol. The Morgan fingerprint density at radius 3 is 2.79 bits per heavy atom. The van der Waals surface area contributed by atoms with Gasteiger partial charge in [0.15, 0.2) is 0 Å². The van der Waals surface area contributed by atoms with Crippen molar-refractivity contribution in [3.63, 3.8) is 0 Å². The molecule has 0 atom stereocenters. The lowest BCUT2D eigenvalue weighted by molar-refractivity contribution is -0.131. The van der Waals surface area contributed by atoms with Gasteiger partial charge in [0.1, 0.15) is 11.5 Å². The second-order valence-electron chi connectivity index (χ2n) is 2.54. The van der Waals surface area contributed by atoms with E-state index in [-0.39, 0.29) is 11.7 Å². The molecule has 0 radical (unpaired) electrons. The van der Waals surface area contributed by atoms with Gasteiger partial charge < -0.3 is 9.47 Å². The summed E-state index contributed by atoms with van der Waals surface area (Å²) in [6.45, 7) is 2.48. The normalized spacial score (nSPS) is 9.57. The van der Waals surface area contributed by atoms with Crippen LogP contribution in [0.25, 0.3) is 0 Å². The minimum atomic E-state index is -0.373. The molecule has 1 rings (SSSR count). The number of thiol groups is 1. The molecule has 0 bridgehead atoms. The molecule has 0 unspecified atom stereocenters. The Hall–Kier alpha value is -1.16. The van der Waals surface area contributed by atoms with Crippen molar-refractivity contribution in [2.24, 2.45) is 0 Å². The Morgan fingerprint density at radius 1 is 1.43 bits per heavy atom. The van der Waals surface area contributed by atoms with Crippen LogP contribution >= 0.6 is 12.6 Å². The van der Waals surface area contributed by atoms with Gasteiger partial charge in [0.05, 0.1) is 12.4 Å². The third-order valence-electron chi connectivity index (χ3n) is 1.48. The summed E-state index contributed by atoms with van der Waals surface area (Å²) in [7, 11) is 0. The molecule has 0 heterocycles. The van der Waals surface area contributed by atoms with E-state index in [1.54, 1.807) is 18.2 Å². The zero-order valence-corrected chi connectivity index (χ0v) is 8.79. The molecule has 0 fully saturated rings. The monoisotopic (exact) mass is 212 g/mol. The summed E-state index contributed by atoms with van der Waals surface area (Å²) in [6, 6.07) is 6.95.